The largest absolute Gasteiger partial charge is 0.479 e. The van der Waals surface area contributed by atoms with Crippen molar-refractivity contribution in [2.75, 3.05) is 6.61 Å². The lowest BCUT2D eigenvalue weighted by atomic mass is 9.54. The van der Waals surface area contributed by atoms with Gasteiger partial charge in [0.05, 0.1) is 6.10 Å². The van der Waals surface area contributed by atoms with E-state index in [1.165, 1.54) is 24.3 Å². The molecule has 1 fully saturated rings. The molecule has 0 aliphatic heterocycles. The number of hydrogen-bond acceptors (Lipinski definition) is 4. The molecular weight excluding hydrogens is 371 g/mol. The second-order valence-electron chi connectivity index (χ2n) is 6.61. The maximum atomic E-state index is 12.5. The number of carboxylic acid groups (broad SMARTS) is 1. The van der Waals surface area contributed by atoms with E-state index in [0.29, 0.717) is 6.61 Å². The number of carbonyl (C=O) groups is 2. The number of aliphatic carboxylic acids is 1. The van der Waals surface area contributed by atoms with Gasteiger partial charge in [0.2, 0.25) is 0 Å². The molecule has 1 aromatic carbocycles. The minimum absolute atomic E-state index is 0.0534. The maximum Gasteiger partial charge on any atom is 0.446 e. The SMILES string of the molecule is CCOC1CC(NC(=O)c2ccc(SC(F)(F)F)cc2)(C(=O)O)C1(C)C. The molecule has 1 aliphatic carbocycles. The van der Waals surface area contributed by atoms with Crippen LogP contribution >= 0.6 is 11.8 Å². The van der Waals surface area contributed by atoms with Crippen LogP contribution in [-0.2, 0) is 9.53 Å². The number of carboxylic acids is 1. The molecule has 2 unspecified atom stereocenters. The zero-order chi connectivity index (χ0) is 19.8. The van der Waals surface area contributed by atoms with Crippen LogP contribution in [0.15, 0.2) is 29.2 Å². The first-order valence-electron chi connectivity index (χ1n) is 7.96. The third-order valence-corrected chi connectivity index (χ3v) is 5.55. The van der Waals surface area contributed by atoms with Crippen LogP contribution in [-0.4, -0.2) is 40.7 Å². The monoisotopic (exact) mass is 391 g/mol. The van der Waals surface area contributed by atoms with E-state index < -0.39 is 28.3 Å². The van der Waals surface area contributed by atoms with Crippen LogP contribution in [0.25, 0.3) is 0 Å². The average Bonchev–Trinajstić information content (AvgIpc) is 2.52. The summed E-state index contributed by atoms with van der Waals surface area (Å²) in [6.45, 7) is 5.63. The fraction of sp³-hybridized carbons (Fsp3) is 0.529. The van der Waals surface area contributed by atoms with Gasteiger partial charge in [0.15, 0.2) is 0 Å². The minimum Gasteiger partial charge on any atom is -0.479 e. The standard InChI is InChI=1S/C17H20F3NO4S/c1-4-25-12-9-16(14(23)24,15(12,2)3)21-13(22)10-5-7-11(8-6-10)26-17(18,19)20/h5-8,12H,4,9H2,1-3H3,(H,21,22)(H,23,24). The fourth-order valence-corrected chi connectivity index (χ4v) is 3.65. The quantitative estimate of drug-likeness (QED) is 0.724. The van der Waals surface area contributed by atoms with E-state index in [1.807, 2.05) is 0 Å². The number of thioether (sulfide) groups is 1. The molecule has 144 valence electrons. The zero-order valence-corrected chi connectivity index (χ0v) is 15.3. The number of nitrogens with one attached hydrogen (secondary N) is 1. The first kappa shape index (κ1) is 20.6. The number of rotatable bonds is 6. The normalized spacial score (nSPS) is 24.6. The Bertz CT molecular complexity index is 690. The van der Waals surface area contributed by atoms with Crippen molar-refractivity contribution in [3.05, 3.63) is 29.8 Å². The Hall–Kier alpha value is -1.74. The first-order chi connectivity index (χ1) is 11.9. The fourth-order valence-electron chi connectivity index (χ4n) is 3.11. The Balaban J connectivity index is 2.16. The van der Waals surface area contributed by atoms with E-state index in [0.717, 1.165) is 0 Å². The summed E-state index contributed by atoms with van der Waals surface area (Å²) in [6.07, 6.45) is -0.189. The summed E-state index contributed by atoms with van der Waals surface area (Å²) in [5.74, 6) is -1.82. The molecule has 26 heavy (non-hydrogen) atoms. The molecule has 5 nitrogen and oxygen atoms in total. The summed E-state index contributed by atoms with van der Waals surface area (Å²) in [5.41, 5.74) is -6.66. The topological polar surface area (TPSA) is 75.6 Å². The summed E-state index contributed by atoms with van der Waals surface area (Å²) in [7, 11) is 0. The van der Waals surface area contributed by atoms with E-state index in [4.69, 9.17) is 4.74 Å². The Morgan fingerprint density at radius 2 is 1.88 bits per heavy atom. The van der Waals surface area contributed by atoms with Crippen LogP contribution in [0.4, 0.5) is 13.2 Å². The van der Waals surface area contributed by atoms with Crippen molar-refractivity contribution in [1.29, 1.82) is 0 Å². The van der Waals surface area contributed by atoms with Gasteiger partial charge in [-0.3, -0.25) is 4.79 Å². The van der Waals surface area contributed by atoms with Gasteiger partial charge < -0.3 is 15.2 Å². The van der Waals surface area contributed by atoms with Crippen LogP contribution in [0.2, 0.25) is 0 Å². The van der Waals surface area contributed by atoms with Crippen LogP contribution in [0.5, 0.6) is 0 Å². The Morgan fingerprint density at radius 1 is 1.31 bits per heavy atom. The second-order valence-corrected chi connectivity index (χ2v) is 7.75. The molecule has 2 atom stereocenters. The van der Waals surface area contributed by atoms with Gasteiger partial charge in [-0.25, -0.2) is 4.79 Å². The van der Waals surface area contributed by atoms with Crippen molar-refractivity contribution < 1.29 is 32.6 Å². The van der Waals surface area contributed by atoms with Gasteiger partial charge in [0.1, 0.15) is 5.54 Å². The summed E-state index contributed by atoms with van der Waals surface area (Å²) in [6, 6.07) is 4.83. The highest BCUT2D eigenvalue weighted by atomic mass is 32.2. The molecule has 9 heteroatoms. The Morgan fingerprint density at radius 3 is 2.31 bits per heavy atom. The van der Waals surface area contributed by atoms with Gasteiger partial charge in [-0.1, -0.05) is 13.8 Å². The van der Waals surface area contributed by atoms with E-state index >= 15 is 0 Å². The molecule has 1 amide bonds. The number of halogens is 3. The van der Waals surface area contributed by atoms with E-state index in [2.05, 4.69) is 5.32 Å². The van der Waals surface area contributed by atoms with Gasteiger partial charge in [-0.2, -0.15) is 13.2 Å². The van der Waals surface area contributed by atoms with Crippen LogP contribution in [0.3, 0.4) is 0 Å². The Labute approximate surface area is 153 Å². The molecule has 0 heterocycles. The minimum atomic E-state index is -4.42. The first-order valence-corrected chi connectivity index (χ1v) is 8.78. The van der Waals surface area contributed by atoms with Crippen molar-refractivity contribution in [3.63, 3.8) is 0 Å². The molecule has 0 spiro atoms. The van der Waals surface area contributed by atoms with Gasteiger partial charge in [0, 0.05) is 28.9 Å². The molecular formula is C17H20F3NO4S. The van der Waals surface area contributed by atoms with Crippen LogP contribution < -0.4 is 5.32 Å². The van der Waals surface area contributed by atoms with Crippen molar-refractivity contribution in [2.24, 2.45) is 5.41 Å². The molecule has 0 saturated heterocycles. The molecule has 0 aromatic heterocycles. The summed E-state index contributed by atoms with van der Waals surface area (Å²) < 4.78 is 42.6. The number of amides is 1. The molecule has 1 aliphatic rings. The number of carbonyl (C=O) groups excluding carboxylic acids is 1. The van der Waals surface area contributed by atoms with Gasteiger partial charge >= 0.3 is 11.5 Å². The van der Waals surface area contributed by atoms with E-state index in [-0.39, 0.29) is 34.7 Å². The Kier molecular flexibility index (Phi) is 5.63. The van der Waals surface area contributed by atoms with Crippen LogP contribution in [0.1, 0.15) is 37.6 Å². The number of benzene rings is 1. The molecule has 1 saturated carbocycles. The lowest BCUT2D eigenvalue weighted by Crippen LogP contribution is -2.76. The number of hydrogen-bond donors (Lipinski definition) is 2. The van der Waals surface area contributed by atoms with Gasteiger partial charge in [-0.15, -0.1) is 0 Å². The smallest absolute Gasteiger partial charge is 0.446 e. The third kappa shape index (κ3) is 3.83. The highest BCUT2D eigenvalue weighted by Gasteiger charge is 2.66. The molecule has 2 N–H and O–H groups in total. The lowest BCUT2D eigenvalue weighted by Gasteiger charge is -2.58. The predicted molar refractivity (Wildman–Crippen MR) is 90.0 cm³/mol. The molecule has 2 rings (SSSR count). The van der Waals surface area contributed by atoms with E-state index in [9.17, 15) is 27.9 Å². The molecule has 0 radical (unpaired) electrons. The zero-order valence-electron chi connectivity index (χ0n) is 14.5. The maximum absolute atomic E-state index is 12.5. The van der Waals surface area contributed by atoms with E-state index in [1.54, 1.807) is 20.8 Å². The summed E-state index contributed by atoms with van der Waals surface area (Å²) in [5, 5.41) is 12.2. The summed E-state index contributed by atoms with van der Waals surface area (Å²) in [4.78, 5) is 24.3. The third-order valence-electron chi connectivity index (χ3n) is 4.81. The predicted octanol–water partition coefficient (Wildman–Crippen LogP) is 3.69. The average molecular weight is 391 g/mol. The van der Waals surface area contributed by atoms with Crippen molar-refractivity contribution in [1.82, 2.24) is 5.32 Å². The highest BCUT2D eigenvalue weighted by Crippen LogP contribution is 2.51. The second kappa shape index (κ2) is 7.11. The van der Waals surface area contributed by atoms with Gasteiger partial charge in [0.25, 0.3) is 5.91 Å². The number of alkyl halides is 3. The van der Waals surface area contributed by atoms with Crippen molar-refractivity contribution in [3.8, 4) is 0 Å². The van der Waals surface area contributed by atoms with Gasteiger partial charge in [-0.05, 0) is 43.0 Å². The lowest BCUT2D eigenvalue weighted by molar-refractivity contribution is -0.190. The summed E-state index contributed by atoms with van der Waals surface area (Å²) >= 11 is -0.282. The number of ether oxygens (including phenoxy) is 1. The highest BCUT2D eigenvalue weighted by molar-refractivity contribution is 8.00. The van der Waals surface area contributed by atoms with Crippen molar-refractivity contribution >= 4 is 23.6 Å². The van der Waals surface area contributed by atoms with Crippen molar-refractivity contribution in [2.45, 2.75) is 49.2 Å². The molecule has 0 bridgehead atoms. The molecule has 1 aromatic rings. The van der Waals surface area contributed by atoms with Crippen LogP contribution in [0, 0.1) is 5.41 Å².